The minimum atomic E-state index is -0.00141. The molecule has 0 aliphatic rings. The Kier molecular flexibility index (Phi) is 7.47. The first-order valence-electron chi connectivity index (χ1n) is 9.56. The van der Waals surface area contributed by atoms with Crippen LogP contribution in [0.4, 0.5) is 0 Å². The number of benzene rings is 3. The summed E-state index contributed by atoms with van der Waals surface area (Å²) in [5, 5.41) is 7.40. The molecule has 0 bridgehead atoms. The molecule has 5 heteroatoms. The first-order valence-corrected chi connectivity index (χ1v) is 9.97. The number of methoxy groups -OCH3 is 2. The van der Waals surface area contributed by atoms with Gasteiger partial charge in [0.15, 0.2) is 16.6 Å². The summed E-state index contributed by atoms with van der Waals surface area (Å²) in [6.45, 7) is 0.720. The van der Waals surface area contributed by atoms with Gasteiger partial charge in [0.25, 0.3) is 0 Å². The van der Waals surface area contributed by atoms with Gasteiger partial charge in [0.2, 0.25) is 0 Å². The molecule has 0 saturated carbocycles. The maximum absolute atomic E-state index is 5.57. The van der Waals surface area contributed by atoms with Gasteiger partial charge in [-0.15, -0.1) is 0 Å². The van der Waals surface area contributed by atoms with Crippen LogP contribution in [-0.4, -0.2) is 25.9 Å². The highest BCUT2D eigenvalue weighted by atomic mass is 32.1. The van der Waals surface area contributed by atoms with Gasteiger partial charge in [-0.1, -0.05) is 66.7 Å². The van der Waals surface area contributed by atoms with Crippen molar-refractivity contribution in [3.63, 3.8) is 0 Å². The van der Waals surface area contributed by atoms with E-state index in [0.717, 1.165) is 30.0 Å². The Morgan fingerprint density at radius 3 is 1.97 bits per heavy atom. The van der Waals surface area contributed by atoms with E-state index in [9.17, 15) is 0 Å². The first kappa shape index (κ1) is 20.7. The van der Waals surface area contributed by atoms with Gasteiger partial charge in [-0.25, -0.2) is 0 Å². The Morgan fingerprint density at radius 1 is 0.828 bits per heavy atom. The van der Waals surface area contributed by atoms with Crippen molar-refractivity contribution in [2.24, 2.45) is 0 Å². The molecule has 0 radical (unpaired) electrons. The van der Waals surface area contributed by atoms with Crippen LogP contribution in [0.1, 0.15) is 22.7 Å². The number of hydrogen-bond acceptors (Lipinski definition) is 3. The summed E-state index contributed by atoms with van der Waals surface area (Å²) in [4.78, 5) is 0. The minimum Gasteiger partial charge on any atom is -0.493 e. The molecule has 4 nitrogen and oxygen atoms in total. The standard InChI is InChI=1S/C24H26N2O2S/c1-27-21-14-13-18(17-22(21)28-2)15-16-25-24(29)26-23(19-9-5-3-6-10-19)20-11-7-4-8-12-20/h3-14,17,23H,15-16H2,1-2H3,(H2,25,26,29). The van der Waals surface area contributed by atoms with E-state index in [2.05, 4.69) is 34.9 Å². The van der Waals surface area contributed by atoms with Gasteiger partial charge < -0.3 is 20.1 Å². The van der Waals surface area contributed by atoms with Crippen molar-refractivity contribution in [2.75, 3.05) is 20.8 Å². The van der Waals surface area contributed by atoms with Crippen molar-refractivity contribution < 1.29 is 9.47 Å². The van der Waals surface area contributed by atoms with E-state index in [4.69, 9.17) is 21.7 Å². The van der Waals surface area contributed by atoms with Crippen molar-refractivity contribution in [1.82, 2.24) is 10.6 Å². The molecule has 3 aromatic carbocycles. The minimum absolute atomic E-state index is 0.00141. The average Bonchev–Trinajstić information content (AvgIpc) is 2.78. The maximum atomic E-state index is 5.57. The summed E-state index contributed by atoms with van der Waals surface area (Å²) in [6, 6.07) is 26.6. The third-order valence-corrected chi connectivity index (χ3v) is 4.95. The van der Waals surface area contributed by atoms with E-state index in [1.165, 1.54) is 11.1 Å². The summed E-state index contributed by atoms with van der Waals surface area (Å²) < 4.78 is 10.7. The zero-order valence-electron chi connectivity index (χ0n) is 16.7. The van der Waals surface area contributed by atoms with Gasteiger partial charge in [-0.05, 0) is 47.5 Å². The van der Waals surface area contributed by atoms with Crippen LogP contribution in [0.15, 0.2) is 78.9 Å². The van der Waals surface area contributed by atoms with Gasteiger partial charge in [-0.3, -0.25) is 0 Å². The number of ether oxygens (including phenoxy) is 2. The molecule has 150 valence electrons. The van der Waals surface area contributed by atoms with Crippen LogP contribution in [0.3, 0.4) is 0 Å². The molecule has 0 fully saturated rings. The number of hydrogen-bond donors (Lipinski definition) is 2. The summed E-state index contributed by atoms with van der Waals surface area (Å²) in [6.07, 6.45) is 0.823. The highest BCUT2D eigenvalue weighted by Gasteiger charge is 2.14. The van der Waals surface area contributed by atoms with Gasteiger partial charge in [-0.2, -0.15) is 0 Å². The second-order valence-corrected chi connectivity index (χ2v) is 7.00. The SMILES string of the molecule is COc1ccc(CCNC(=S)NC(c2ccccc2)c2ccccc2)cc1OC. The van der Waals surface area contributed by atoms with Gasteiger partial charge >= 0.3 is 0 Å². The lowest BCUT2D eigenvalue weighted by Gasteiger charge is -2.22. The normalized spacial score (nSPS) is 10.4. The van der Waals surface area contributed by atoms with Crippen LogP contribution < -0.4 is 20.1 Å². The van der Waals surface area contributed by atoms with Crippen molar-refractivity contribution in [1.29, 1.82) is 0 Å². The van der Waals surface area contributed by atoms with Crippen molar-refractivity contribution in [3.8, 4) is 11.5 Å². The first-order chi connectivity index (χ1) is 14.2. The monoisotopic (exact) mass is 406 g/mol. The second kappa shape index (κ2) is 10.5. The Labute approximate surface area is 177 Å². The molecule has 0 heterocycles. The van der Waals surface area contributed by atoms with E-state index >= 15 is 0 Å². The molecule has 0 aromatic heterocycles. The molecule has 0 aliphatic carbocycles. The van der Waals surface area contributed by atoms with Crippen LogP contribution >= 0.6 is 12.2 Å². The number of thiocarbonyl (C=S) groups is 1. The van der Waals surface area contributed by atoms with Crippen LogP contribution in [0, 0.1) is 0 Å². The van der Waals surface area contributed by atoms with E-state index < -0.39 is 0 Å². The molecule has 29 heavy (non-hydrogen) atoms. The molecule has 0 unspecified atom stereocenters. The Hall–Kier alpha value is -3.05. The fourth-order valence-corrected chi connectivity index (χ4v) is 3.41. The van der Waals surface area contributed by atoms with Crippen LogP contribution in [-0.2, 0) is 6.42 Å². The summed E-state index contributed by atoms with van der Waals surface area (Å²) in [5.41, 5.74) is 3.49. The average molecular weight is 407 g/mol. The smallest absolute Gasteiger partial charge is 0.167 e. The highest BCUT2D eigenvalue weighted by molar-refractivity contribution is 7.80. The molecule has 0 amide bonds. The summed E-state index contributed by atoms with van der Waals surface area (Å²) in [5.74, 6) is 1.47. The fraction of sp³-hybridized carbons (Fsp3) is 0.208. The predicted molar refractivity (Wildman–Crippen MR) is 122 cm³/mol. The van der Waals surface area contributed by atoms with E-state index in [1.54, 1.807) is 14.2 Å². The fourth-order valence-electron chi connectivity index (χ4n) is 3.19. The van der Waals surface area contributed by atoms with Crippen molar-refractivity contribution >= 4 is 17.3 Å². The molecule has 2 N–H and O–H groups in total. The highest BCUT2D eigenvalue weighted by Crippen LogP contribution is 2.27. The third-order valence-electron chi connectivity index (χ3n) is 4.69. The maximum Gasteiger partial charge on any atom is 0.167 e. The zero-order chi connectivity index (χ0) is 20.5. The Balaban J connectivity index is 1.61. The molecule has 0 aliphatic heterocycles. The third kappa shape index (κ3) is 5.72. The molecule has 0 saturated heterocycles. The van der Waals surface area contributed by atoms with E-state index in [-0.39, 0.29) is 6.04 Å². The van der Waals surface area contributed by atoms with Gasteiger partial charge in [0, 0.05) is 6.54 Å². The Bertz CT molecular complexity index is 877. The molecular formula is C24H26N2O2S. The topological polar surface area (TPSA) is 42.5 Å². The van der Waals surface area contributed by atoms with Gasteiger partial charge in [0.05, 0.1) is 20.3 Å². The summed E-state index contributed by atoms with van der Waals surface area (Å²) in [7, 11) is 3.28. The number of nitrogens with one attached hydrogen (secondary N) is 2. The molecule has 3 rings (SSSR count). The van der Waals surface area contributed by atoms with Crippen LogP contribution in [0.25, 0.3) is 0 Å². The second-order valence-electron chi connectivity index (χ2n) is 6.59. The quantitative estimate of drug-likeness (QED) is 0.539. The zero-order valence-corrected chi connectivity index (χ0v) is 17.5. The predicted octanol–water partition coefficient (Wildman–Crippen LogP) is 4.50. The lowest BCUT2D eigenvalue weighted by Crippen LogP contribution is -2.39. The van der Waals surface area contributed by atoms with Crippen molar-refractivity contribution in [3.05, 3.63) is 95.6 Å². The molecular weight excluding hydrogens is 380 g/mol. The Morgan fingerprint density at radius 2 is 1.41 bits per heavy atom. The van der Waals surface area contributed by atoms with E-state index in [1.807, 2.05) is 54.6 Å². The van der Waals surface area contributed by atoms with E-state index in [0.29, 0.717) is 5.11 Å². The molecule has 0 atom stereocenters. The number of rotatable bonds is 8. The molecule has 0 spiro atoms. The van der Waals surface area contributed by atoms with Gasteiger partial charge in [0.1, 0.15) is 0 Å². The largest absolute Gasteiger partial charge is 0.493 e. The van der Waals surface area contributed by atoms with Crippen LogP contribution in [0.5, 0.6) is 11.5 Å². The summed E-state index contributed by atoms with van der Waals surface area (Å²) >= 11 is 5.57. The lowest BCUT2D eigenvalue weighted by molar-refractivity contribution is 0.354. The molecule has 3 aromatic rings. The van der Waals surface area contributed by atoms with Crippen LogP contribution in [0.2, 0.25) is 0 Å². The van der Waals surface area contributed by atoms with Crippen molar-refractivity contribution in [2.45, 2.75) is 12.5 Å². The lowest BCUT2D eigenvalue weighted by atomic mass is 9.99.